The molecule has 1 N–H and O–H groups in total. The summed E-state index contributed by atoms with van der Waals surface area (Å²) in [4.78, 5) is 10.6. The summed E-state index contributed by atoms with van der Waals surface area (Å²) in [7, 11) is 0. The fourth-order valence-electron chi connectivity index (χ4n) is 2.08. The number of nitro benzene ring substituents is 1. The molecule has 0 amide bonds. The predicted octanol–water partition coefficient (Wildman–Crippen LogP) is 3.89. The van der Waals surface area contributed by atoms with Crippen molar-refractivity contribution in [3.63, 3.8) is 0 Å². The van der Waals surface area contributed by atoms with Gasteiger partial charge in [0.15, 0.2) is 0 Å². The Morgan fingerprint density at radius 1 is 1.14 bits per heavy atom. The summed E-state index contributed by atoms with van der Waals surface area (Å²) in [5.41, 5.74) is 2.99. The van der Waals surface area contributed by atoms with Crippen molar-refractivity contribution in [3.05, 3.63) is 74.3 Å². The van der Waals surface area contributed by atoms with Crippen molar-refractivity contribution in [1.29, 1.82) is 0 Å². The smallest absolute Gasteiger partial charge is 0.272 e. The van der Waals surface area contributed by atoms with Crippen LogP contribution in [0.25, 0.3) is 0 Å². The molecule has 0 saturated carbocycles. The molecule has 0 aliphatic carbocycles. The molecule has 0 heterocycles. The van der Waals surface area contributed by atoms with E-state index in [0.29, 0.717) is 12.1 Å². The average Bonchev–Trinajstić information content (AvgIpc) is 2.46. The highest BCUT2D eigenvalue weighted by atomic mass is 35.5. The standard InChI is InChI=1S/C16H17ClN2O2/c1-12-2-3-14(10-16(12)19(20)21)11-18-9-8-13-4-6-15(17)7-5-13/h2-7,10,18H,8-9,11H2,1H3. The maximum absolute atomic E-state index is 10.9. The van der Waals surface area contributed by atoms with Crippen LogP contribution in [-0.4, -0.2) is 11.5 Å². The highest BCUT2D eigenvalue weighted by Crippen LogP contribution is 2.19. The minimum Gasteiger partial charge on any atom is -0.312 e. The van der Waals surface area contributed by atoms with E-state index >= 15 is 0 Å². The third-order valence-electron chi connectivity index (χ3n) is 3.30. The summed E-state index contributed by atoms with van der Waals surface area (Å²) >= 11 is 5.84. The number of hydrogen-bond donors (Lipinski definition) is 1. The molecule has 0 spiro atoms. The van der Waals surface area contributed by atoms with Gasteiger partial charge in [-0.3, -0.25) is 10.1 Å². The summed E-state index contributed by atoms with van der Waals surface area (Å²) in [6, 6.07) is 13.1. The lowest BCUT2D eigenvalue weighted by Gasteiger charge is -2.06. The maximum Gasteiger partial charge on any atom is 0.272 e. The summed E-state index contributed by atoms with van der Waals surface area (Å²) in [5, 5.41) is 14.9. The molecule has 0 unspecified atom stereocenters. The molecule has 0 aromatic heterocycles. The van der Waals surface area contributed by atoms with Gasteiger partial charge in [-0.15, -0.1) is 0 Å². The van der Waals surface area contributed by atoms with Gasteiger partial charge in [0.1, 0.15) is 0 Å². The van der Waals surface area contributed by atoms with Gasteiger partial charge < -0.3 is 5.32 Å². The van der Waals surface area contributed by atoms with E-state index in [4.69, 9.17) is 11.6 Å². The number of nitro groups is 1. The summed E-state index contributed by atoms with van der Waals surface area (Å²) < 4.78 is 0. The number of aryl methyl sites for hydroxylation is 1. The molecule has 0 aliphatic heterocycles. The van der Waals surface area contributed by atoms with Crippen LogP contribution in [0.3, 0.4) is 0 Å². The zero-order valence-electron chi connectivity index (χ0n) is 11.8. The molecule has 5 heteroatoms. The molecule has 0 bridgehead atoms. The molecule has 110 valence electrons. The topological polar surface area (TPSA) is 55.2 Å². The average molecular weight is 305 g/mol. The Labute approximate surface area is 128 Å². The third kappa shape index (κ3) is 4.55. The number of benzene rings is 2. The molecule has 0 saturated heterocycles. The van der Waals surface area contributed by atoms with Crippen LogP contribution in [0, 0.1) is 17.0 Å². The zero-order valence-corrected chi connectivity index (χ0v) is 12.6. The number of nitrogens with one attached hydrogen (secondary N) is 1. The van der Waals surface area contributed by atoms with Crippen LogP contribution in [0.15, 0.2) is 42.5 Å². The molecule has 0 atom stereocenters. The first kappa shape index (κ1) is 15.5. The highest BCUT2D eigenvalue weighted by molar-refractivity contribution is 6.30. The van der Waals surface area contributed by atoms with E-state index in [0.717, 1.165) is 23.6 Å². The van der Waals surface area contributed by atoms with Crippen LogP contribution in [0.2, 0.25) is 5.02 Å². The third-order valence-corrected chi connectivity index (χ3v) is 3.56. The second-order valence-corrected chi connectivity index (χ2v) is 5.37. The quantitative estimate of drug-likeness (QED) is 0.500. The van der Waals surface area contributed by atoms with E-state index in [1.807, 2.05) is 30.3 Å². The van der Waals surface area contributed by atoms with E-state index < -0.39 is 0 Å². The fraction of sp³-hybridized carbons (Fsp3) is 0.250. The normalized spacial score (nSPS) is 10.6. The molecule has 0 aliphatic rings. The number of hydrogen-bond acceptors (Lipinski definition) is 3. The van der Waals surface area contributed by atoms with Crippen LogP contribution >= 0.6 is 11.6 Å². The monoisotopic (exact) mass is 304 g/mol. The van der Waals surface area contributed by atoms with Gasteiger partial charge in [-0.1, -0.05) is 35.9 Å². The number of rotatable bonds is 6. The van der Waals surface area contributed by atoms with Crippen molar-refractivity contribution in [2.75, 3.05) is 6.54 Å². The van der Waals surface area contributed by atoms with Crippen molar-refractivity contribution < 1.29 is 4.92 Å². The number of nitrogens with zero attached hydrogens (tertiary/aromatic N) is 1. The van der Waals surface area contributed by atoms with E-state index in [9.17, 15) is 10.1 Å². The Morgan fingerprint density at radius 3 is 2.48 bits per heavy atom. The SMILES string of the molecule is Cc1ccc(CNCCc2ccc(Cl)cc2)cc1[N+](=O)[O-]. The Bertz CT molecular complexity index is 627. The van der Waals surface area contributed by atoms with Crippen molar-refractivity contribution >= 4 is 17.3 Å². The lowest BCUT2D eigenvalue weighted by Crippen LogP contribution is -2.16. The first-order valence-corrected chi connectivity index (χ1v) is 7.13. The second-order valence-electron chi connectivity index (χ2n) is 4.93. The molecule has 2 aromatic carbocycles. The van der Waals surface area contributed by atoms with Gasteiger partial charge in [-0.2, -0.15) is 0 Å². The van der Waals surface area contributed by atoms with Crippen LogP contribution in [0.4, 0.5) is 5.69 Å². The van der Waals surface area contributed by atoms with Crippen LogP contribution in [-0.2, 0) is 13.0 Å². The van der Waals surface area contributed by atoms with Crippen LogP contribution in [0.5, 0.6) is 0 Å². The zero-order chi connectivity index (χ0) is 15.2. The first-order valence-electron chi connectivity index (χ1n) is 6.75. The van der Waals surface area contributed by atoms with Crippen molar-refractivity contribution in [2.45, 2.75) is 19.9 Å². The summed E-state index contributed by atoms with van der Waals surface area (Å²) in [5.74, 6) is 0. The fourth-order valence-corrected chi connectivity index (χ4v) is 2.20. The molecule has 0 radical (unpaired) electrons. The molecular weight excluding hydrogens is 288 g/mol. The van der Waals surface area contributed by atoms with Crippen LogP contribution < -0.4 is 5.32 Å². The Kier molecular flexibility index (Phi) is 5.31. The van der Waals surface area contributed by atoms with Gasteiger partial charge in [0.2, 0.25) is 0 Å². The van der Waals surface area contributed by atoms with Gasteiger partial charge in [-0.25, -0.2) is 0 Å². The van der Waals surface area contributed by atoms with Gasteiger partial charge in [0.05, 0.1) is 4.92 Å². The van der Waals surface area contributed by atoms with Crippen molar-refractivity contribution in [1.82, 2.24) is 5.32 Å². The van der Waals surface area contributed by atoms with Gasteiger partial charge in [-0.05, 0) is 43.1 Å². The van der Waals surface area contributed by atoms with Gasteiger partial charge >= 0.3 is 0 Å². The molecule has 0 fully saturated rings. The molecule has 21 heavy (non-hydrogen) atoms. The summed E-state index contributed by atoms with van der Waals surface area (Å²) in [6.07, 6.45) is 0.894. The summed E-state index contributed by atoms with van der Waals surface area (Å²) in [6.45, 7) is 3.17. The lowest BCUT2D eigenvalue weighted by molar-refractivity contribution is -0.385. The first-order chi connectivity index (χ1) is 10.1. The predicted molar refractivity (Wildman–Crippen MR) is 84.7 cm³/mol. The van der Waals surface area contributed by atoms with Gasteiger partial charge in [0, 0.05) is 23.2 Å². The van der Waals surface area contributed by atoms with E-state index in [1.165, 1.54) is 5.56 Å². The Balaban J connectivity index is 1.85. The van der Waals surface area contributed by atoms with Crippen molar-refractivity contribution in [2.24, 2.45) is 0 Å². The Morgan fingerprint density at radius 2 is 1.81 bits per heavy atom. The minimum atomic E-state index is -0.341. The van der Waals surface area contributed by atoms with E-state index in [-0.39, 0.29) is 10.6 Å². The minimum absolute atomic E-state index is 0.173. The van der Waals surface area contributed by atoms with Crippen molar-refractivity contribution in [3.8, 4) is 0 Å². The second kappa shape index (κ2) is 7.20. The van der Waals surface area contributed by atoms with Gasteiger partial charge in [0.25, 0.3) is 5.69 Å². The Hall–Kier alpha value is -1.91. The molecule has 4 nitrogen and oxygen atoms in total. The number of halogens is 1. The van der Waals surface area contributed by atoms with E-state index in [2.05, 4.69) is 5.32 Å². The van der Waals surface area contributed by atoms with Crippen LogP contribution in [0.1, 0.15) is 16.7 Å². The molecule has 2 rings (SSSR count). The molecule has 2 aromatic rings. The largest absolute Gasteiger partial charge is 0.312 e. The van der Waals surface area contributed by atoms with E-state index in [1.54, 1.807) is 19.1 Å². The maximum atomic E-state index is 10.9. The highest BCUT2D eigenvalue weighted by Gasteiger charge is 2.10. The molecular formula is C16H17ClN2O2. The lowest BCUT2D eigenvalue weighted by atomic mass is 10.1.